The molecule has 1 amide bonds. The average molecular weight is 253 g/mol. The van der Waals surface area contributed by atoms with Crippen molar-refractivity contribution in [2.75, 3.05) is 5.32 Å². The predicted octanol–water partition coefficient (Wildman–Crippen LogP) is 1.82. The lowest BCUT2D eigenvalue weighted by molar-refractivity contribution is -0.383. The Morgan fingerprint density at radius 2 is 2.12 bits per heavy atom. The highest BCUT2D eigenvalue weighted by Crippen LogP contribution is 2.22. The zero-order valence-corrected chi connectivity index (χ0v) is 9.91. The fraction of sp³-hybridized carbons (Fsp3) is 0.200. The Labute approximate surface area is 103 Å². The Morgan fingerprint density at radius 3 is 2.71 bits per heavy atom. The van der Waals surface area contributed by atoms with Crippen LogP contribution in [0.15, 0.2) is 24.3 Å². The summed E-state index contributed by atoms with van der Waals surface area (Å²) in [6.07, 6.45) is 0.290. The van der Waals surface area contributed by atoms with Crippen molar-refractivity contribution in [3.8, 4) is 0 Å². The molecule has 0 saturated heterocycles. The molecular weight excluding hydrogens is 242 g/mol. The summed E-state index contributed by atoms with van der Waals surface area (Å²) in [5.74, 6) is -0.249. The van der Waals surface area contributed by atoms with Crippen molar-refractivity contribution in [3.63, 3.8) is 0 Å². The number of hydrogen-bond acceptors (Lipinski definition) is 4. The molecule has 7 heteroatoms. The molecule has 0 aliphatic carbocycles. The third kappa shape index (κ3) is 3.80. The molecule has 0 aliphatic rings. The van der Waals surface area contributed by atoms with E-state index in [-0.39, 0.29) is 22.4 Å². The summed E-state index contributed by atoms with van der Waals surface area (Å²) in [7, 11) is 0. The first kappa shape index (κ1) is 13.0. The first-order chi connectivity index (χ1) is 8.04. The molecule has 0 atom stereocenters. The Kier molecular flexibility index (Phi) is 4.53. The number of carbonyl (C=O) groups excluding carboxylic acids is 1. The topological polar surface area (TPSA) is 84.3 Å². The lowest BCUT2D eigenvalue weighted by Crippen LogP contribution is -2.33. The van der Waals surface area contributed by atoms with Crippen LogP contribution in [0, 0.1) is 10.1 Å². The Bertz CT molecular complexity index is 462. The van der Waals surface area contributed by atoms with Crippen LogP contribution in [-0.2, 0) is 4.79 Å². The van der Waals surface area contributed by atoms with Crippen LogP contribution in [0.4, 0.5) is 11.4 Å². The number of anilines is 1. The third-order valence-corrected chi connectivity index (χ3v) is 2.13. The molecule has 1 aromatic rings. The number of carbonyl (C=O) groups is 1. The average Bonchev–Trinajstić information content (AvgIpc) is 2.29. The van der Waals surface area contributed by atoms with Gasteiger partial charge in [-0.3, -0.25) is 14.9 Å². The predicted molar refractivity (Wildman–Crippen MR) is 67.8 cm³/mol. The summed E-state index contributed by atoms with van der Waals surface area (Å²) in [5, 5.41) is 15.8. The van der Waals surface area contributed by atoms with E-state index in [1.807, 2.05) is 0 Å². The molecular formula is C10H11N3O3S. The van der Waals surface area contributed by atoms with Crippen LogP contribution in [0.25, 0.3) is 0 Å². The summed E-state index contributed by atoms with van der Waals surface area (Å²) in [4.78, 5) is 21.3. The minimum absolute atomic E-state index is 0.0474. The van der Waals surface area contributed by atoms with Crippen LogP contribution in [0.2, 0.25) is 0 Å². The van der Waals surface area contributed by atoms with E-state index in [0.717, 1.165) is 0 Å². The molecule has 0 aliphatic heterocycles. The van der Waals surface area contributed by atoms with Crippen molar-refractivity contribution < 1.29 is 9.72 Å². The Morgan fingerprint density at radius 1 is 1.47 bits per heavy atom. The molecule has 0 bridgehead atoms. The number of thiocarbonyl (C=S) groups is 1. The first-order valence-corrected chi connectivity index (χ1v) is 5.29. The molecule has 90 valence electrons. The smallest absolute Gasteiger partial charge is 0.292 e. The molecule has 0 radical (unpaired) electrons. The van der Waals surface area contributed by atoms with Crippen LogP contribution in [0.3, 0.4) is 0 Å². The van der Waals surface area contributed by atoms with Crippen molar-refractivity contribution in [1.29, 1.82) is 0 Å². The molecule has 0 saturated carbocycles. The summed E-state index contributed by atoms with van der Waals surface area (Å²) in [6, 6.07) is 6.06. The van der Waals surface area contributed by atoms with E-state index >= 15 is 0 Å². The summed E-state index contributed by atoms with van der Waals surface area (Å²) < 4.78 is 0. The van der Waals surface area contributed by atoms with E-state index in [1.165, 1.54) is 12.1 Å². The zero-order chi connectivity index (χ0) is 12.8. The second kappa shape index (κ2) is 5.90. The minimum atomic E-state index is -0.521. The lowest BCUT2D eigenvalue weighted by atomic mass is 10.3. The highest BCUT2D eigenvalue weighted by Gasteiger charge is 2.13. The molecule has 6 nitrogen and oxygen atoms in total. The Hall–Kier alpha value is -2.02. The van der Waals surface area contributed by atoms with E-state index in [0.29, 0.717) is 6.42 Å². The second-order valence-corrected chi connectivity index (χ2v) is 3.54. The summed E-state index contributed by atoms with van der Waals surface area (Å²) in [6.45, 7) is 1.68. The van der Waals surface area contributed by atoms with Crippen LogP contribution >= 0.6 is 12.2 Å². The van der Waals surface area contributed by atoms with E-state index in [9.17, 15) is 14.9 Å². The molecule has 0 heterocycles. The maximum absolute atomic E-state index is 11.1. The van der Waals surface area contributed by atoms with Crippen LogP contribution < -0.4 is 10.6 Å². The van der Waals surface area contributed by atoms with Crippen molar-refractivity contribution >= 4 is 34.6 Å². The fourth-order valence-electron chi connectivity index (χ4n) is 1.11. The first-order valence-electron chi connectivity index (χ1n) is 4.89. The lowest BCUT2D eigenvalue weighted by Gasteiger charge is -2.08. The standard InChI is InChI=1S/C10H11N3O3S/c1-2-9(14)12-10(17)11-7-5-3-4-6-8(7)13(15)16/h3-6H,2H2,1H3,(H2,11,12,14,17). The molecule has 0 aromatic heterocycles. The zero-order valence-electron chi connectivity index (χ0n) is 9.10. The number of amides is 1. The largest absolute Gasteiger partial charge is 0.327 e. The molecule has 17 heavy (non-hydrogen) atoms. The SMILES string of the molecule is CCC(=O)NC(=S)Nc1ccccc1[N+](=O)[O-]. The quantitative estimate of drug-likeness (QED) is 0.487. The van der Waals surface area contributed by atoms with Gasteiger partial charge in [0.1, 0.15) is 5.69 Å². The molecule has 0 unspecified atom stereocenters. The third-order valence-electron chi connectivity index (χ3n) is 1.92. The molecule has 1 aromatic carbocycles. The van der Waals surface area contributed by atoms with Crippen molar-refractivity contribution in [1.82, 2.24) is 5.32 Å². The second-order valence-electron chi connectivity index (χ2n) is 3.13. The van der Waals surface area contributed by atoms with Crippen molar-refractivity contribution in [2.45, 2.75) is 13.3 Å². The summed E-state index contributed by atoms with van der Waals surface area (Å²) >= 11 is 4.86. The number of nitrogens with zero attached hydrogens (tertiary/aromatic N) is 1. The van der Waals surface area contributed by atoms with Gasteiger partial charge in [-0.1, -0.05) is 19.1 Å². The van der Waals surface area contributed by atoms with Gasteiger partial charge in [0.05, 0.1) is 4.92 Å². The maximum Gasteiger partial charge on any atom is 0.292 e. The van der Waals surface area contributed by atoms with Gasteiger partial charge in [0, 0.05) is 12.5 Å². The minimum Gasteiger partial charge on any atom is -0.327 e. The van der Waals surface area contributed by atoms with Gasteiger partial charge in [-0.25, -0.2) is 0 Å². The molecule has 2 N–H and O–H groups in total. The van der Waals surface area contributed by atoms with Gasteiger partial charge in [-0.15, -0.1) is 0 Å². The number of nitrogens with one attached hydrogen (secondary N) is 2. The number of rotatable bonds is 3. The van der Waals surface area contributed by atoms with E-state index in [4.69, 9.17) is 12.2 Å². The van der Waals surface area contributed by atoms with Gasteiger partial charge in [0.2, 0.25) is 5.91 Å². The Balaban J connectivity index is 2.78. The van der Waals surface area contributed by atoms with Gasteiger partial charge < -0.3 is 10.6 Å². The van der Waals surface area contributed by atoms with E-state index < -0.39 is 4.92 Å². The molecule has 0 spiro atoms. The maximum atomic E-state index is 11.1. The van der Waals surface area contributed by atoms with Gasteiger partial charge in [0.15, 0.2) is 5.11 Å². The van der Waals surface area contributed by atoms with E-state index in [1.54, 1.807) is 19.1 Å². The molecule has 1 rings (SSSR count). The van der Waals surface area contributed by atoms with Crippen LogP contribution in [0.5, 0.6) is 0 Å². The van der Waals surface area contributed by atoms with Gasteiger partial charge in [0.25, 0.3) is 5.69 Å². The highest BCUT2D eigenvalue weighted by atomic mass is 32.1. The number of para-hydroxylation sites is 2. The van der Waals surface area contributed by atoms with Gasteiger partial charge in [-0.2, -0.15) is 0 Å². The number of nitro groups is 1. The van der Waals surface area contributed by atoms with Gasteiger partial charge >= 0.3 is 0 Å². The monoisotopic (exact) mass is 253 g/mol. The normalized spacial score (nSPS) is 9.47. The van der Waals surface area contributed by atoms with Crippen LogP contribution in [0.1, 0.15) is 13.3 Å². The van der Waals surface area contributed by atoms with Gasteiger partial charge in [-0.05, 0) is 18.3 Å². The van der Waals surface area contributed by atoms with Crippen LogP contribution in [-0.4, -0.2) is 15.9 Å². The van der Waals surface area contributed by atoms with Crippen molar-refractivity contribution in [3.05, 3.63) is 34.4 Å². The number of benzene rings is 1. The van der Waals surface area contributed by atoms with E-state index in [2.05, 4.69) is 10.6 Å². The molecule has 0 fully saturated rings. The highest BCUT2D eigenvalue weighted by molar-refractivity contribution is 7.80. The number of hydrogen-bond donors (Lipinski definition) is 2. The number of nitro benzene ring substituents is 1. The van der Waals surface area contributed by atoms with Crippen molar-refractivity contribution in [2.24, 2.45) is 0 Å². The summed E-state index contributed by atoms with van der Waals surface area (Å²) in [5.41, 5.74) is 0.152. The fourth-order valence-corrected chi connectivity index (χ4v) is 1.33.